The molecule has 4 nitrogen and oxygen atoms in total. The van der Waals surface area contributed by atoms with Crippen molar-refractivity contribution in [3.63, 3.8) is 0 Å². The summed E-state index contributed by atoms with van der Waals surface area (Å²) in [7, 11) is 1.76. The van der Waals surface area contributed by atoms with Gasteiger partial charge in [-0.2, -0.15) is 0 Å². The van der Waals surface area contributed by atoms with Crippen molar-refractivity contribution in [3.05, 3.63) is 59.2 Å². The minimum atomic E-state index is -0.797. The molecule has 2 aliphatic carbocycles. The summed E-state index contributed by atoms with van der Waals surface area (Å²) >= 11 is 0. The Morgan fingerprint density at radius 3 is 2.50 bits per heavy atom. The number of benzene rings is 2. The van der Waals surface area contributed by atoms with Crippen LogP contribution in [0.15, 0.2) is 46.4 Å². The minimum Gasteiger partial charge on any atom is -0.382 e. The van der Waals surface area contributed by atoms with Gasteiger partial charge in [-0.3, -0.25) is 4.99 Å². The van der Waals surface area contributed by atoms with Crippen LogP contribution in [0.25, 0.3) is 11.1 Å². The Bertz CT molecular complexity index is 1070. The Labute approximate surface area is 174 Å². The van der Waals surface area contributed by atoms with Crippen LogP contribution in [0.2, 0.25) is 0 Å². The normalized spacial score (nSPS) is 29.9. The highest BCUT2D eigenvalue weighted by molar-refractivity contribution is 6.41. The number of hydrogen-bond donors (Lipinski definition) is 1. The minimum absolute atomic E-state index is 0.175. The first kappa shape index (κ1) is 19.4. The summed E-state index contributed by atoms with van der Waals surface area (Å²) < 4.78 is 33.9. The molecule has 2 spiro atoms. The van der Waals surface area contributed by atoms with E-state index in [0.717, 1.165) is 61.1 Å². The van der Waals surface area contributed by atoms with Gasteiger partial charge in [0.05, 0.1) is 11.8 Å². The van der Waals surface area contributed by atoms with Crippen molar-refractivity contribution in [1.82, 2.24) is 0 Å². The summed E-state index contributed by atoms with van der Waals surface area (Å²) in [4.78, 5) is 9.95. The lowest BCUT2D eigenvalue weighted by Gasteiger charge is -2.44. The summed E-state index contributed by atoms with van der Waals surface area (Å²) in [5, 5.41) is 0. The second-order valence-corrected chi connectivity index (χ2v) is 8.75. The lowest BCUT2D eigenvalue weighted by molar-refractivity contribution is -0.000372. The molecule has 2 aromatic carbocycles. The summed E-state index contributed by atoms with van der Waals surface area (Å²) in [6.45, 7) is 1.89. The summed E-state index contributed by atoms with van der Waals surface area (Å²) in [5.41, 5.74) is 8.96. The standard InChI is InChI=1S/C24H25F2N3O/c1-14-22(27)29-24(28-14)20-11-15(19-12-17(25)5-6-21(19)26)3-4-16(20)13-23(24)9-7-18(30-2)8-10-23/h3-6,11-12,18H,7-10,13H2,1-2H3,(H2,27,29)/t18-,23-,24?. The fourth-order valence-electron chi connectivity index (χ4n) is 5.56. The van der Waals surface area contributed by atoms with E-state index in [1.54, 1.807) is 7.11 Å². The monoisotopic (exact) mass is 409 g/mol. The van der Waals surface area contributed by atoms with Crippen LogP contribution in [0.1, 0.15) is 43.7 Å². The van der Waals surface area contributed by atoms with Gasteiger partial charge in [0.2, 0.25) is 0 Å². The molecular weight excluding hydrogens is 384 g/mol. The van der Waals surface area contributed by atoms with E-state index in [9.17, 15) is 8.78 Å². The molecule has 0 bridgehead atoms. The van der Waals surface area contributed by atoms with Crippen LogP contribution in [0, 0.1) is 17.0 Å². The zero-order valence-corrected chi connectivity index (χ0v) is 17.2. The Kier molecular flexibility index (Phi) is 4.33. The van der Waals surface area contributed by atoms with Crippen LogP contribution in [0.4, 0.5) is 8.78 Å². The molecule has 0 aromatic heterocycles. The van der Waals surface area contributed by atoms with Gasteiger partial charge in [-0.05, 0) is 74.4 Å². The first-order valence-electron chi connectivity index (χ1n) is 10.4. The lowest BCUT2D eigenvalue weighted by atomic mass is 9.65. The molecule has 2 N–H and O–H groups in total. The molecule has 1 fully saturated rings. The molecule has 1 atom stereocenters. The Morgan fingerprint density at radius 1 is 1.07 bits per heavy atom. The van der Waals surface area contributed by atoms with E-state index in [4.69, 9.17) is 20.5 Å². The SMILES string of the molecule is CO[C@H]1CC[C@]2(CC1)Cc1ccc(-c3cc(F)ccc3F)cc1C21N=C(C)C(N)=N1. The predicted octanol–water partition coefficient (Wildman–Crippen LogP) is 4.75. The van der Waals surface area contributed by atoms with E-state index in [1.165, 1.54) is 6.07 Å². The molecule has 0 amide bonds. The third-order valence-electron chi connectivity index (χ3n) is 7.20. The number of halogens is 2. The number of nitrogens with zero attached hydrogens (tertiary/aromatic N) is 2. The second-order valence-electron chi connectivity index (χ2n) is 8.75. The smallest absolute Gasteiger partial charge is 0.184 e. The third kappa shape index (κ3) is 2.66. The average Bonchev–Trinajstić information content (AvgIpc) is 3.18. The highest BCUT2D eigenvalue weighted by Crippen LogP contribution is 2.62. The molecule has 3 aliphatic rings. The predicted molar refractivity (Wildman–Crippen MR) is 114 cm³/mol. The van der Waals surface area contributed by atoms with Crippen molar-refractivity contribution in [2.24, 2.45) is 21.1 Å². The van der Waals surface area contributed by atoms with E-state index >= 15 is 0 Å². The Hall–Kier alpha value is -2.60. The van der Waals surface area contributed by atoms with Gasteiger partial charge in [0.1, 0.15) is 17.5 Å². The van der Waals surface area contributed by atoms with E-state index in [2.05, 4.69) is 0 Å². The highest BCUT2D eigenvalue weighted by Gasteiger charge is 2.60. The van der Waals surface area contributed by atoms with Crippen molar-refractivity contribution in [1.29, 1.82) is 0 Å². The number of fused-ring (bicyclic) bond motifs is 3. The third-order valence-corrected chi connectivity index (χ3v) is 7.20. The van der Waals surface area contributed by atoms with Gasteiger partial charge >= 0.3 is 0 Å². The van der Waals surface area contributed by atoms with Crippen LogP contribution in [0.3, 0.4) is 0 Å². The topological polar surface area (TPSA) is 60.0 Å². The maximum absolute atomic E-state index is 14.5. The lowest BCUT2D eigenvalue weighted by Crippen LogP contribution is -2.43. The molecule has 2 aromatic rings. The highest BCUT2D eigenvalue weighted by atomic mass is 19.1. The van der Waals surface area contributed by atoms with E-state index in [0.29, 0.717) is 11.4 Å². The molecular formula is C24H25F2N3O. The fourth-order valence-corrected chi connectivity index (χ4v) is 5.56. The maximum Gasteiger partial charge on any atom is 0.184 e. The molecule has 0 radical (unpaired) electrons. The van der Waals surface area contributed by atoms with Gasteiger partial charge in [0, 0.05) is 23.7 Å². The molecule has 6 heteroatoms. The number of nitrogens with two attached hydrogens (primary N) is 1. The van der Waals surface area contributed by atoms with Gasteiger partial charge in [0.15, 0.2) is 5.66 Å². The molecule has 1 aliphatic heterocycles. The van der Waals surface area contributed by atoms with Crippen LogP contribution in [0.5, 0.6) is 0 Å². The molecule has 1 saturated carbocycles. The number of aliphatic imine (C=N–C) groups is 2. The van der Waals surface area contributed by atoms with Gasteiger partial charge in [-0.25, -0.2) is 13.8 Å². The molecule has 30 heavy (non-hydrogen) atoms. The van der Waals surface area contributed by atoms with Crippen LogP contribution in [-0.2, 0) is 16.8 Å². The summed E-state index contributed by atoms with van der Waals surface area (Å²) in [6, 6.07) is 9.34. The Morgan fingerprint density at radius 2 is 1.83 bits per heavy atom. The summed E-state index contributed by atoms with van der Waals surface area (Å²) in [5.74, 6) is -0.459. The molecule has 5 rings (SSSR count). The zero-order chi connectivity index (χ0) is 21.1. The van der Waals surface area contributed by atoms with Crippen molar-refractivity contribution in [2.45, 2.75) is 50.8 Å². The van der Waals surface area contributed by atoms with Gasteiger partial charge in [0.25, 0.3) is 0 Å². The average molecular weight is 409 g/mol. The van der Waals surface area contributed by atoms with E-state index in [-0.39, 0.29) is 17.1 Å². The number of methoxy groups -OCH3 is 1. The van der Waals surface area contributed by atoms with Crippen LogP contribution >= 0.6 is 0 Å². The number of ether oxygens (including phenoxy) is 1. The zero-order valence-electron chi connectivity index (χ0n) is 17.2. The first-order valence-corrected chi connectivity index (χ1v) is 10.4. The van der Waals surface area contributed by atoms with Crippen LogP contribution in [-0.4, -0.2) is 24.8 Å². The van der Waals surface area contributed by atoms with Crippen LogP contribution < -0.4 is 5.73 Å². The Balaban J connectivity index is 1.66. The van der Waals surface area contributed by atoms with Gasteiger partial charge < -0.3 is 10.5 Å². The number of amidine groups is 1. The second kappa shape index (κ2) is 6.71. The maximum atomic E-state index is 14.5. The quantitative estimate of drug-likeness (QED) is 0.778. The summed E-state index contributed by atoms with van der Waals surface area (Å²) in [6.07, 6.45) is 4.84. The molecule has 0 saturated heterocycles. The molecule has 1 unspecified atom stereocenters. The fraction of sp³-hybridized carbons (Fsp3) is 0.417. The first-order chi connectivity index (χ1) is 14.4. The molecule has 1 heterocycles. The van der Waals surface area contributed by atoms with Crippen molar-refractivity contribution in [2.75, 3.05) is 7.11 Å². The van der Waals surface area contributed by atoms with Crippen molar-refractivity contribution >= 4 is 11.5 Å². The number of hydrogen-bond acceptors (Lipinski definition) is 4. The molecule has 156 valence electrons. The van der Waals surface area contributed by atoms with Gasteiger partial charge in [-0.15, -0.1) is 0 Å². The van der Waals surface area contributed by atoms with E-state index < -0.39 is 17.3 Å². The van der Waals surface area contributed by atoms with E-state index in [1.807, 2.05) is 25.1 Å². The largest absolute Gasteiger partial charge is 0.382 e. The number of rotatable bonds is 2. The van der Waals surface area contributed by atoms with Gasteiger partial charge in [-0.1, -0.05) is 12.1 Å². The van der Waals surface area contributed by atoms with Crippen molar-refractivity contribution in [3.8, 4) is 11.1 Å². The van der Waals surface area contributed by atoms with Crippen molar-refractivity contribution < 1.29 is 13.5 Å².